The van der Waals surface area contributed by atoms with Crippen LogP contribution < -0.4 is 0 Å². The van der Waals surface area contributed by atoms with E-state index in [9.17, 15) is 13.0 Å². The zero-order valence-corrected chi connectivity index (χ0v) is 15.1. The van der Waals surface area contributed by atoms with E-state index in [0.717, 1.165) is 0 Å². The summed E-state index contributed by atoms with van der Waals surface area (Å²) >= 11 is 0. The van der Waals surface area contributed by atoms with Gasteiger partial charge < -0.3 is 4.55 Å². The Kier molecular flexibility index (Phi) is 4.99. The zero-order valence-electron chi connectivity index (χ0n) is 6.02. The Morgan fingerprint density at radius 3 is 1.82 bits per heavy atom. The maximum atomic E-state index is 10.3. The Hall–Kier alpha value is 0.727. The van der Waals surface area contributed by atoms with E-state index in [-0.39, 0.29) is 54.8 Å². The van der Waals surface area contributed by atoms with E-state index in [1.165, 1.54) is 24.3 Å². The van der Waals surface area contributed by atoms with Gasteiger partial charge in [-0.3, -0.25) is 0 Å². The van der Waals surface area contributed by atoms with E-state index in [1.54, 1.807) is 6.07 Å². The standard InChI is InChI=1S/C6H6O3S.Fr/c7-10(8,9)6-4-2-1-3-5-6;/h1-5H,(H,7,8,9);/q;+1/p-1. The molecule has 1 rings (SSSR count). The van der Waals surface area contributed by atoms with Crippen LogP contribution in [0, 0.1) is 49.9 Å². The quantitative estimate of drug-likeness (QED) is 0.671. The van der Waals surface area contributed by atoms with Gasteiger partial charge in [-0.1, -0.05) is 18.2 Å². The van der Waals surface area contributed by atoms with Crippen LogP contribution in [0.2, 0.25) is 0 Å². The summed E-state index contributed by atoms with van der Waals surface area (Å²) in [6.45, 7) is 0. The molecule has 0 bridgehead atoms. The minimum Gasteiger partial charge on any atom is -0.744 e. The van der Waals surface area contributed by atoms with Crippen molar-refractivity contribution in [2.45, 2.75) is 4.90 Å². The third-order valence-corrected chi connectivity index (χ3v) is 1.88. The Morgan fingerprint density at radius 1 is 1.09 bits per heavy atom. The van der Waals surface area contributed by atoms with E-state index in [4.69, 9.17) is 0 Å². The van der Waals surface area contributed by atoms with Gasteiger partial charge in [-0.25, -0.2) is 8.42 Å². The van der Waals surface area contributed by atoms with E-state index >= 15 is 0 Å². The smallest absolute Gasteiger partial charge is 0.744 e. The SMILES string of the molecule is O=S(=O)([O-])c1ccccc1.[Fr+]. The van der Waals surface area contributed by atoms with Gasteiger partial charge in [0.2, 0.25) is 0 Å². The minimum absolute atomic E-state index is 0. The predicted octanol–water partition coefficient (Wildman–Crippen LogP) is 0.591. The van der Waals surface area contributed by atoms with Crippen molar-refractivity contribution in [3.05, 3.63) is 30.3 Å². The van der Waals surface area contributed by atoms with Gasteiger partial charge in [0.05, 0.1) is 4.90 Å². The average molecular weight is 380 g/mol. The molecule has 0 aliphatic carbocycles. The van der Waals surface area contributed by atoms with Gasteiger partial charge in [0.25, 0.3) is 0 Å². The molecule has 0 unspecified atom stereocenters. The first-order valence-electron chi connectivity index (χ1n) is 2.61. The van der Waals surface area contributed by atoms with Gasteiger partial charge in [-0.2, -0.15) is 0 Å². The summed E-state index contributed by atoms with van der Waals surface area (Å²) < 4.78 is 30.8. The molecule has 54 valence electrons. The number of benzene rings is 1. The van der Waals surface area contributed by atoms with Crippen LogP contribution in [-0.4, -0.2) is 13.0 Å². The number of rotatable bonds is 1. The largest absolute Gasteiger partial charge is 1.00 e. The predicted molar refractivity (Wildman–Crippen MR) is 34.4 cm³/mol. The van der Waals surface area contributed by atoms with E-state index in [0.29, 0.717) is 0 Å². The fraction of sp³-hybridized carbons (Fsp3) is 0. The van der Waals surface area contributed by atoms with Crippen LogP contribution in [0.3, 0.4) is 0 Å². The molecule has 0 saturated heterocycles. The topological polar surface area (TPSA) is 57.2 Å². The summed E-state index contributed by atoms with van der Waals surface area (Å²) in [5, 5.41) is 0. The number of hydrogen-bond donors (Lipinski definition) is 0. The molecule has 0 N–H and O–H groups in total. The summed E-state index contributed by atoms with van der Waals surface area (Å²) in [6, 6.07) is 7.19. The molecule has 0 heterocycles. The minimum atomic E-state index is -4.25. The van der Waals surface area contributed by atoms with Gasteiger partial charge in [-0.15, -0.1) is 0 Å². The molecule has 0 spiro atoms. The van der Waals surface area contributed by atoms with E-state index in [1.807, 2.05) is 0 Å². The van der Waals surface area contributed by atoms with Crippen molar-refractivity contribution in [3.63, 3.8) is 0 Å². The van der Waals surface area contributed by atoms with Crippen molar-refractivity contribution in [3.8, 4) is 0 Å². The van der Waals surface area contributed by atoms with Crippen LogP contribution in [0.1, 0.15) is 0 Å². The fourth-order valence-electron chi connectivity index (χ4n) is 0.587. The van der Waals surface area contributed by atoms with E-state index < -0.39 is 10.1 Å². The maximum Gasteiger partial charge on any atom is 1.00 e. The summed E-state index contributed by atoms with van der Waals surface area (Å²) in [5.74, 6) is 0. The molecule has 11 heavy (non-hydrogen) atoms. The molecule has 0 aliphatic heterocycles. The molecule has 0 radical (unpaired) electrons. The van der Waals surface area contributed by atoms with Gasteiger partial charge in [-0.05, 0) is 12.1 Å². The molecule has 5 heteroatoms. The summed E-state index contributed by atoms with van der Waals surface area (Å²) in [7, 11) is -4.25. The number of hydrogen-bond acceptors (Lipinski definition) is 3. The molecule has 0 fully saturated rings. The average Bonchev–Trinajstić information content (AvgIpc) is 1.88. The van der Waals surface area contributed by atoms with E-state index in [2.05, 4.69) is 0 Å². The van der Waals surface area contributed by atoms with Crippen molar-refractivity contribution in [1.82, 2.24) is 0 Å². The first-order chi connectivity index (χ1) is 4.61. The molecular formula is C6H5FrO3S. The third kappa shape index (κ3) is 3.77. The molecule has 0 aromatic heterocycles. The van der Waals surface area contributed by atoms with Crippen molar-refractivity contribution in [2.75, 3.05) is 0 Å². The monoisotopic (exact) mass is 380 g/mol. The van der Waals surface area contributed by atoms with Crippen LogP contribution in [0.4, 0.5) is 0 Å². The molecular weight excluding hydrogens is 375 g/mol. The Labute approximate surface area is 107 Å². The van der Waals surface area contributed by atoms with Crippen molar-refractivity contribution in [2.24, 2.45) is 0 Å². The van der Waals surface area contributed by atoms with Crippen molar-refractivity contribution < 1.29 is 62.8 Å². The van der Waals surface area contributed by atoms with Gasteiger partial charge in [0, 0.05) is 0 Å². The Bertz CT molecular complexity index is 306. The molecule has 0 saturated carbocycles. The van der Waals surface area contributed by atoms with Crippen LogP contribution in [0.5, 0.6) is 0 Å². The Balaban J connectivity index is 0.000001000. The van der Waals surface area contributed by atoms with Crippen molar-refractivity contribution in [1.29, 1.82) is 0 Å². The van der Waals surface area contributed by atoms with Crippen LogP contribution >= 0.6 is 0 Å². The molecule has 0 amide bonds. The molecule has 0 aliphatic rings. The molecule has 1 aromatic rings. The zero-order chi connectivity index (χ0) is 7.61. The van der Waals surface area contributed by atoms with Crippen LogP contribution in [0.25, 0.3) is 0 Å². The second-order valence-electron chi connectivity index (χ2n) is 1.77. The van der Waals surface area contributed by atoms with Crippen LogP contribution in [0.15, 0.2) is 35.2 Å². The van der Waals surface area contributed by atoms with Crippen LogP contribution in [-0.2, 0) is 10.1 Å². The second-order valence-corrected chi connectivity index (χ2v) is 3.15. The fourth-order valence-corrected chi connectivity index (χ4v) is 1.08. The summed E-state index contributed by atoms with van der Waals surface area (Å²) in [4.78, 5) is -0.185. The summed E-state index contributed by atoms with van der Waals surface area (Å²) in [5.41, 5.74) is 0. The normalized spacial score (nSPS) is 10.3. The molecule has 3 nitrogen and oxygen atoms in total. The van der Waals surface area contributed by atoms with Crippen molar-refractivity contribution >= 4 is 10.1 Å². The Morgan fingerprint density at radius 2 is 1.55 bits per heavy atom. The van der Waals surface area contributed by atoms with Gasteiger partial charge in [0.1, 0.15) is 10.1 Å². The van der Waals surface area contributed by atoms with Gasteiger partial charge >= 0.3 is 49.9 Å². The summed E-state index contributed by atoms with van der Waals surface area (Å²) in [6.07, 6.45) is 0. The third-order valence-electron chi connectivity index (χ3n) is 1.03. The molecule has 1 aromatic carbocycles. The van der Waals surface area contributed by atoms with Gasteiger partial charge in [0.15, 0.2) is 0 Å². The first-order valence-corrected chi connectivity index (χ1v) is 4.02. The first kappa shape index (κ1) is 11.7. The second kappa shape index (κ2) is 4.68. The maximum absolute atomic E-state index is 10.3. The molecule has 0 atom stereocenters.